The van der Waals surface area contributed by atoms with Gasteiger partial charge in [0.1, 0.15) is 11.4 Å². The van der Waals surface area contributed by atoms with Crippen LogP contribution >= 0.6 is 0 Å². The number of methoxy groups -OCH3 is 1. The number of benzene rings is 2. The van der Waals surface area contributed by atoms with Gasteiger partial charge in [0, 0.05) is 25.0 Å². The Hall–Kier alpha value is -3.41. The lowest BCUT2D eigenvalue weighted by atomic mass is 10.0. The Bertz CT molecular complexity index is 1010. The third kappa shape index (κ3) is 4.21. The molecule has 1 amide bonds. The average molecular weight is 388 g/mol. The number of anilines is 2. The number of rotatable bonds is 6. The van der Waals surface area contributed by atoms with Crippen LogP contribution in [-0.4, -0.2) is 36.1 Å². The van der Waals surface area contributed by atoms with E-state index in [2.05, 4.69) is 38.4 Å². The van der Waals surface area contributed by atoms with Crippen LogP contribution < -0.4 is 15.0 Å². The highest BCUT2D eigenvalue weighted by atomic mass is 16.5. The number of ether oxygens (including phenoxy) is 1. The Morgan fingerprint density at radius 2 is 1.97 bits per heavy atom. The highest BCUT2D eigenvalue weighted by molar-refractivity contribution is 5.92. The Kier molecular flexibility index (Phi) is 5.70. The van der Waals surface area contributed by atoms with Gasteiger partial charge in [-0.1, -0.05) is 36.4 Å². The zero-order valence-corrected chi connectivity index (χ0v) is 16.5. The van der Waals surface area contributed by atoms with Crippen molar-refractivity contribution >= 4 is 17.5 Å². The summed E-state index contributed by atoms with van der Waals surface area (Å²) in [5.74, 6) is 1.19. The summed E-state index contributed by atoms with van der Waals surface area (Å²) < 4.78 is 5.36. The lowest BCUT2D eigenvalue weighted by Crippen LogP contribution is -2.29. The molecule has 0 saturated heterocycles. The van der Waals surface area contributed by atoms with Gasteiger partial charge < -0.3 is 15.0 Å². The van der Waals surface area contributed by atoms with Crippen molar-refractivity contribution in [3.63, 3.8) is 0 Å². The zero-order chi connectivity index (χ0) is 20.1. The summed E-state index contributed by atoms with van der Waals surface area (Å²) >= 11 is 0. The monoisotopic (exact) mass is 388 g/mol. The van der Waals surface area contributed by atoms with Gasteiger partial charge in [0.2, 0.25) is 5.95 Å². The summed E-state index contributed by atoms with van der Waals surface area (Å²) in [6, 6.07) is 17.8. The van der Waals surface area contributed by atoms with E-state index in [0.717, 1.165) is 36.4 Å². The summed E-state index contributed by atoms with van der Waals surface area (Å²) in [6.45, 7) is 1.35. The number of carbonyl (C=O) groups is 1. The van der Waals surface area contributed by atoms with E-state index in [0.29, 0.717) is 24.6 Å². The standard InChI is InChI=1S/C23H24N4O2/c1-29-21-11-5-3-8-18(21)12-14-24-22(28)19-13-15-25-23(26-19)27-16-6-9-17-7-2-4-10-20(17)27/h2-5,7-8,10-11,13,15H,6,9,12,14,16H2,1H3,(H,24,28). The minimum Gasteiger partial charge on any atom is -0.496 e. The van der Waals surface area contributed by atoms with Gasteiger partial charge in [-0.15, -0.1) is 0 Å². The maximum absolute atomic E-state index is 12.6. The van der Waals surface area contributed by atoms with Crippen molar-refractivity contribution in [1.82, 2.24) is 15.3 Å². The Labute approximate surface area is 170 Å². The van der Waals surface area contributed by atoms with Crippen molar-refractivity contribution in [2.75, 3.05) is 25.1 Å². The fraction of sp³-hybridized carbons (Fsp3) is 0.261. The molecule has 0 bridgehead atoms. The molecular weight excluding hydrogens is 364 g/mol. The molecule has 0 fully saturated rings. The predicted octanol–water partition coefficient (Wildman–Crippen LogP) is 3.54. The van der Waals surface area contributed by atoms with E-state index in [1.165, 1.54) is 5.56 Å². The van der Waals surface area contributed by atoms with E-state index in [1.807, 2.05) is 30.3 Å². The topological polar surface area (TPSA) is 67.3 Å². The molecule has 0 spiro atoms. The third-order valence-corrected chi connectivity index (χ3v) is 5.10. The average Bonchev–Trinajstić information content (AvgIpc) is 2.79. The third-order valence-electron chi connectivity index (χ3n) is 5.10. The maximum atomic E-state index is 12.6. The van der Waals surface area contributed by atoms with Crippen molar-refractivity contribution in [2.24, 2.45) is 0 Å². The summed E-state index contributed by atoms with van der Waals surface area (Å²) in [6.07, 6.45) is 4.42. The second-order valence-electron chi connectivity index (χ2n) is 6.94. The predicted molar refractivity (Wildman–Crippen MR) is 113 cm³/mol. The number of para-hydroxylation sites is 2. The molecule has 1 N–H and O–H groups in total. The van der Waals surface area contributed by atoms with Crippen LogP contribution in [0.1, 0.15) is 28.0 Å². The highest BCUT2D eigenvalue weighted by Crippen LogP contribution is 2.31. The molecule has 0 aliphatic carbocycles. The van der Waals surface area contributed by atoms with E-state index in [1.54, 1.807) is 19.4 Å². The number of hydrogen-bond donors (Lipinski definition) is 1. The minimum absolute atomic E-state index is 0.200. The summed E-state index contributed by atoms with van der Waals surface area (Å²) in [7, 11) is 1.65. The van der Waals surface area contributed by atoms with Crippen molar-refractivity contribution in [2.45, 2.75) is 19.3 Å². The lowest BCUT2D eigenvalue weighted by molar-refractivity contribution is 0.0949. The minimum atomic E-state index is -0.200. The van der Waals surface area contributed by atoms with Gasteiger partial charge in [0.25, 0.3) is 5.91 Å². The van der Waals surface area contributed by atoms with Crippen LogP contribution in [0.2, 0.25) is 0 Å². The van der Waals surface area contributed by atoms with Gasteiger partial charge in [-0.25, -0.2) is 9.97 Å². The summed E-state index contributed by atoms with van der Waals surface area (Å²) in [5.41, 5.74) is 3.84. The fourth-order valence-corrected chi connectivity index (χ4v) is 3.66. The number of aryl methyl sites for hydroxylation is 1. The highest BCUT2D eigenvalue weighted by Gasteiger charge is 2.20. The molecule has 2 aromatic carbocycles. The molecule has 148 valence electrons. The van der Waals surface area contributed by atoms with Gasteiger partial charge in [-0.05, 0) is 48.6 Å². The number of aromatic nitrogens is 2. The van der Waals surface area contributed by atoms with E-state index < -0.39 is 0 Å². The van der Waals surface area contributed by atoms with Crippen LogP contribution in [-0.2, 0) is 12.8 Å². The first-order valence-corrected chi connectivity index (χ1v) is 9.85. The van der Waals surface area contributed by atoms with Crippen LogP contribution in [0.25, 0.3) is 0 Å². The first-order chi connectivity index (χ1) is 14.3. The van der Waals surface area contributed by atoms with Crippen LogP contribution in [0.4, 0.5) is 11.6 Å². The van der Waals surface area contributed by atoms with Gasteiger partial charge in [-0.3, -0.25) is 4.79 Å². The number of carbonyl (C=O) groups excluding carboxylic acids is 1. The van der Waals surface area contributed by atoms with Crippen LogP contribution in [0, 0.1) is 0 Å². The quantitative estimate of drug-likeness (QED) is 0.700. The molecule has 29 heavy (non-hydrogen) atoms. The smallest absolute Gasteiger partial charge is 0.270 e. The van der Waals surface area contributed by atoms with E-state index >= 15 is 0 Å². The summed E-state index contributed by atoms with van der Waals surface area (Å²) in [5, 5.41) is 2.94. The van der Waals surface area contributed by atoms with Gasteiger partial charge in [-0.2, -0.15) is 0 Å². The molecule has 0 radical (unpaired) electrons. The van der Waals surface area contributed by atoms with Crippen molar-refractivity contribution in [3.8, 4) is 5.75 Å². The SMILES string of the molecule is COc1ccccc1CCNC(=O)c1ccnc(N2CCCc3ccccc32)n1. The molecule has 1 aliphatic rings. The second-order valence-corrected chi connectivity index (χ2v) is 6.94. The second kappa shape index (κ2) is 8.73. The number of nitrogens with one attached hydrogen (secondary N) is 1. The molecule has 4 rings (SSSR count). The lowest BCUT2D eigenvalue weighted by Gasteiger charge is -2.29. The molecule has 0 atom stereocenters. The van der Waals surface area contributed by atoms with Gasteiger partial charge in [0.05, 0.1) is 7.11 Å². The fourth-order valence-electron chi connectivity index (χ4n) is 3.66. The van der Waals surface area contributed by atoms with Crippen LogP contribution in [0.3, 0.4) is 0 Å². The van der Waals surface area contributed by atoms with Gasteiger partial charge in [0.15, 0.2) is 0 Å². The Balaban J connectivity index is 1.44. The first kappa shape index (κ1) is 18.9. The van der Waals surface area contributed by atoms with Crippen LogP contribution in [0.5, 0.6) is 5.75 Å². The molecule has 6 nitrogen and oxygen atoms in total. The van der Waals surface area contributed by atoms with E-state index in [4.69, 9.17) is 4.74 Å². The number of fused-ring (bicyclic) bond motifs is 1. The van der Waals surface area contributed by atoms with Crippen molar-refractivity contribution in [1.29, 1.82) is 0 Å². The normalized spacial score (nSPS) is 12.9. The van der Waals surface area contributed by atoms with E-state index in [9.17, 15) is 4.79 Å². The maximum Gasteiger partial charge on any atom is 0.270 e. The molecule has 3 aromatic rings. The number of nitrogens with zero attached hydrogens (tertiary/aromatic N) is 3. The zero-order valence-electron chi connectivity index (χ0n) is 16.5. The van der Waals surface area contributed by atoms with Crippen LogP contribution in [0.15, 0.2) is 60.8 Å². The first-order valence-electron chi connectivity index (χ1n) is 9.85. The summed E-state index contributed by atoms with van der Waals surface area (Å²) in [4.78, 5) is 23.7. The number of amides is 1. The molecule has 0 saturated carbocycles. The van der Waals surface area contributed by atoms with Gasteiger partial charge >= 0.3 is 0 Å². The van der Waals surface area contributed by atoms with Crippen molar-refractivity contribution < 1.29 is 9.53 Å². The molecular formula is C23H24N4O2. The molecule has 2 heterocycles. The van der Waals surface area contributed by atoms with E-state index in [-0.39, 0.29) is 5.91 Å². The molecule has 1 aliphatic heterocycles. The molecule has 0 unspecified atom stereocenters. The molecule has 6 heteroatoms. The largest absolute Gasteiger partial charge is 0.496 e. The Morgan fingerprint density at radius 3 is 2.86 bits per heavy atom. The molecule has 1 aromatic heterocycles. The number of hydrogen-bond acceptors (Lipinski definition) is 5. The Morgan fingerprint density at radius 1 is 1.14 bits per heavy atom. The van der Waals surface area contributed by atoms with Crippen molar-refractivity contribution in [3.05, 3.63) is 77.6 Å².